The van der Waals surface area contributed by atoms with Gasteiger partial charge >= 0.3 is 0 Å². The smallest absolute Gasteiger partial charge is 0.0683 e. The molecule has 3 heteroatoms. The molecule has 3 nitrogen and oxygen atoms in total. The number of hydrogen-bond acceptors (Lipinski definition) is 3. The number of nitrogens with one attached hydrogen (secondary N) is 1. The van der Waals surface area contributed by atoms with Crippen molar-refractivity contribution in [3.05, 3.63) is 0 Å². The molecule has 0 atom stereocenters. The van der Waals surface area contributed by atoms with Crippen LogP contribution in [0.1, 0.15) is 52.4 Å². The van der Waals surface area contributed by atoms with Gasteiger partial charge in [-0.2, -0.15) is 5.26 Å². The van der Waals surface area contributed by atoms with Crippen molar-refractivity contribution in [3.8, 4) is 6.07 Å². The van der Waals surface area contributed by atoms with E-state index in [1.54, 1.807) is 0 Å². The highest BCUT2D eigenvalue weighted by Crippen LogP contribution is 2.23. The van der Waals surface area contributed by atoms with Gasteiger partial charge in [0.15, 0.2) is 0 Å². The van der Waals surface area contributed by atoms with E-state index in [-0.39, 0.29) is 5.41 Å². The van der Waals surface area contributed by atoms with Crippen LogP contribution >= 0.6 is 0 Å². The number of hydrogen-bond donors (Lipinski definition) is 1. The lowest BCUT2D eigenvalue weighted by Gasteiger charge is -2.28. The molecule has 0 aromatic carbocycles. The zero-order chi connectivity index (χ0) is 12.7. The van der Waals surface area contributed by atoms with Crippen molar-refractivity contribution in [2.75, 3.05) is 13.7 Å². The lowest BCUT2D eigenvalue weighted by molar-refractivity contribution is 0.0191. The maximum Gasteiger partial charge on any atom is 0.0683 e. The average molecular weight is 238 g/mol. The Morgan fingerprint density at radius 3 is 2.47 bits per heavy atom. The van der Waals surface area contributed by atoms with Gasteiger partial charge < -0.3 is 10.1 Å². The fourth-order valence-electron chi connectivity index (χ4n) is 2.34. The first-order valence-corrected chi connectivity index (χ1v) is 6.77. The van der Waals surface area contributed by atoms with E-state index in [0.717, 1.165) is 19.4 Å². The summed E-state index contributed by atoms with van der Waals surface area (Å²) in [6.45, 7) is 4.79. The van der Waals surface area contributed by atoms with Crippen molar-refractivity contribution >= 4 is 0 Å². The number of rotatable bonds is 6. The molecule has 17 heavy (non-hydrogen) atoms. The molecular weight excluding hydrogens is 212 g/mol. The predicted molar refractivity (Wildman–Crippen MR) is 69.7 cm³/mol. The van der Waals surface area contributed by atoms with Crippen molar-refractivity contribution in [2.24, 2.45) is 5.41 Å². The van der Waals surface area contributed by atoms with Gasteiger partial charge in [-0.1, -0.05) is 0 Å². The minimum Gasteiger partial charge on any atom is -0.378 e. The average Bonchev–Trinajstić information content (AvgIpc) is 2.35. The van der Waals surface area contributed by atoms with Gasteiger partial charge in [-0.25, -0.2) is 0 Å². The fourth-order valence-corrected chi connectivity index (χ4v) is 2.34. The van der Waals surface area contributed by atoms with E-state index in [1.807, 2.05) is 20.9 Å². The molecule has 0 aromatic heterocycles. The number of nitrogens with zero attached hydrogens (tertiary/aromatic N) is 1. The summed E-state index contributed by atoms with van der Waals surface area (Å²) in [4.78, 5) is 0. The highest BCUT2D eigenvalue weighted by Gasteiger charge is 2.21. The van der Waals surface area contributed by atoms with Crippen molar-refractivity contribution < 1.29 is 4.74 Å². The van der Waals surface area contributed by atoms with Crippen molar-refractivity contribution in [1.82, 2.24) is 5.32 Å². The molecule has 0 aliphatic heterocycles. The van der Waals surface area contributed by atoms with Crippen LogP contribution in [0.2, 0.25) is 0 Å². The molecule has 0 bridgehead atoms. The summed E-state index contributed by atoms with van der Waals surface area (Å²) in [5, 5.41) is 12.2. The van der Waals surface area contributed by atoms with Crippen LogP contribution in [-0.4, -0.2) is 25.8 Å². The standard InChI is InChI=1S/C14H26N2O/c1-14(2,11-15)9-4-10-17-13-7-5-12(16-3)6-8-13/h12-13,16H,4-10H2,1-3H3. The molecule has 0 heterocycles. The summed E-state index contributed by atoms with van der Waals surface area (Å²) in [6, 6.07) is 3.02. The van der Waals surface area contributed by atoms with Crippen LogP contribution in [0.4, 0.5) is 0 Å². The molecule has 1 aliphatic rings. The molecule has 98 valence electrons. The topological polar surface area (TPSA) is 45.0 Å². The van der Waals surface area contributed by atoms with Gasteiger partial charge in [0.1, 0.15) is 0 Å². The van der Waals surface area contributed by atoms with Crippen LogP contribution in [0.3, 0.4) is 0 Å². The molecule has 0 unspecified atom stereocenters. The summed E-state index contributed by atoms with van der Waals surface area (Å²) in [6.07, 6.45) is 7.17. The molecule has 0 saturated heterocycles. The maximum absolute atomic E-state index is 8.90. The Morgan fingerprint density at radius 1 is 1.29 bits per heavy atom. The number of nitriles is 1. The molecule has 0 spiro atoms. The molecule has 1 N–H and O–H groups in total. The van der Waals surface area contributed by atoms with E-state index in [2.05, 4.69) is 11.4 Å². The maximum atomic E-state index is 8.90. The Bertz CT molecular complexity index is 249. The van der Waals surface area contributed by atoms with E-state index in [1.165, 1.54) is 25.7 Å². The van der Waals surface area contributed by atoms with Crippen LogP contribution in [0.5, 0.6) is 0 Å². The van der Waals surface area contributed by atoms with Crippen LogP contribution in [0.15, 0.2) is 0 Å². The zero-order valence-electron chi connectivity index (χ0n) is 11.5. The van der Waals surface area contributed by atoms with E-state index in [9.17, 15) is 0 Å². The number of ether oxygens (including phenoxy) is 1. The van der Waals surface area contributed by atoms with Crippen molar-refractivity contribution in [2.45, 2.75) is 64.5 Å². The van der Waals surface area contributed by atoms with Gasteiger partial charge in [-0.15, -0.1) is 0 Å². The highest BCUT2D eigenvalue weighted by molar-refractivity contribution is 4.91. The first-order valence-electron chi connectivity index (χ1n) is 6.77. The summed E-state index contributed by atoms with van der Waals surface area (Å²) in [5.41, 5.74) is -0.201. The van der Waals surface area contributed by atoms with Crippen molar-refractivity contribution in [1.29, 1.82) is 5.26 Å². The second-order valence-electron chi connectivity index (χ2n) is 5.73. The molecule has 1 saturated carbocycles. The molecule has 0 amide bonds. The SMILES string of the molecule is CNC1CCC(OCCCC(C)(C)C#N)CC1. The Hall–Kier alpha value is -0.590. The van der Waals surface area contributed by atoms with Crippen LogP contribution in [0.25, 0.3) is 0 Å². The third kappa shape index (κ3) is 5.52. The zero-order valence-corrected chi connectivity index (χ0v) is 11.5. The third-order valence-electron chi connectivity index (χ3n) is 3.68. The van der Waals surface area contributed by atoms with E-state index in [0.29, 0.717) is 12.1 Å². The lowest BCUT2D eigenvalue weighted by atomic mass is 9.90. The fraction of sp³-hybridized carbons (Fsp3) is 0.929. The first kappa shape index (κ1) is 14.5. The molecule has 0 radical (unpaired) electrons. The second kappa shape index (κ2) is 6.98. The van der Waals surface area contributed by atoms with Gasteiger partial charge in [0.05, 0.1) is 17.6 Å². The summed E-state index contributed by atoms with van der Waals surface area (Å²) in [7, 11) is 2.04. The third-order valence-corrected chi connectivity index (χ3v) is 3.68. The Balaban J connectivity index is 2.07. The normalized spacial score (nSPS) is 25.5. The lowest BCUT2D eigenvalue weighted by Crippen LogP contribution is -2.33. The Kier molecular flexibility index (Phi) is 5.94. The minimum atomic E-state index is -0.201. The minimum absolute atomic E-state index is 0.201. The van der Waals surface area contributed by atoms with Crippen LogP contribution in [-0.2, 0) is 4.74 Å². The summed E-state index contributed by atoms with van der Waals surface area (Å²) >= 11 is 0. The van der Waals surface area contributed by atoms with E-state index in [4.69, 9.17) is 10.00 Å². The Labute approximate surface area is 106 Å². The first-order chi connectivity index (χ1) is 8.07. The molecule has 1 rings (SSSR count). The highest BCUT2D eigenvalue weighted by atomic mass is 16.5. The van der Waals surface area contributed by atoms with Crippen LogP contribution < -0.4 is 5.32 Å². The quantitative estimate of drug-likeness (QED) is 0.724. The van der Waals surface area contributed by atoms with Gasteiger partial charge in [0, 0.05) is 12.6 Å². The monoisotopic (exact) mass is 238 g/mol. The summed E-state index contributed by atoms with van der Waals surface area (Å²) < 4.78 is 5.88. The second-order valence-corrected chi connectivity index (χ2v) is 5.73. The van der Waals surface area contributed by atoms with Gasteiger partial charge in [-0.3, -0.25) is 0 Å². The predicted octanol–water partition coefficient (Wildman–Crippen LogP) is 2.86. The molecule has 1 aliphatic carbocycles. The van der Waals surface area contributed by atoms with E-state index >= 15 is 0 Å². The van der Waals surface area contributed by atoms with Gasteiger partial charge in [-0.05, 0) is 59.4 Å². The van der Waals surface area contributed by atoms with E-state index < -0.39 is 0 Å². The van der Waals surface area contributed by atoms with Gasteiger partial charge in [0.2, 0.25) is 0 Å². The molecular formula is C14H26N2O. The molecule has 0 aromatic rings. The van der Waals surface area contributed by atoms with Crippen molar-refractivity contribution in [3.63, 3.8) is 0 Å². The van der Waals surface area contributed by atoms with Crippen LogP contribution in [0, 0.1) is 16.7 Å². The summed E-state index contributed by atoms with van der Waals surface area (Å²) in [5.74, 6) is 0. The Morgan fingerprint density at radius 2 is 1.94 bits per heavy atom. The molecule has 1 fully saturated rings. The largest absolute Gasteiger partial charge is 0.378 e. The van der Waals surface area contributed by atoms with Gasteiger partial charge in [0.25, 0.3) is 0 Å².